The van der Waals surface area contributed by atoms with Crippen LogP contribution in [-0.2, 0) is 11.4 Å². The molecule has 0 aliphatic rings. The van der Waals surface area contributed by atoms with Gasteiger partial charge < -0.3 is 9.57 Å². The number of benzene rings is 3. The number of rotatable bonds is 7. The molecule has 0 saturated heterocycles. The van der Waals surface area contributed by atoms with E-state index in [1.807, 2.05) is 72.8 Å². The van der Waals surface area contributed by atoms with Gasteiger partial charge in [-0.1, -0.05) is 76.9 Å². The third-order valence-corrected chi connectivity index (χ3v) is 4.91. The normalized spacial score (nSPS) is 11.0. The molecule has 0 bridgehead atoms. The van der Waals surface area contributed by atoms with Gasteiger partial charge in [0.25, 0.3) is 0 Å². The zero-order valence-electron chi connectivity index (χ0n) is 15.8. The van der Waals surface area contributed by atoms with Crippen molar-refractivity contribution in [2.45, 2.75) is 6.61 Å². The molecular formula is C23H17Cl2N3O2. The molecule has 0 aliphatic carbocycles. The number of nitrogens with zero attached hydrogens (tertiary/aromatic N) is 3. The first-order valence-corrected chi connectivity index (χ1v) is 9.91. The van der Waals surface area contributed by atoms with Crippen LogP contribution in [-0.4, -0.2) is 16.2 Å². The van der Waals surface area contributed by atoms with Gasteiger partial charge in [0, 0.05) is 21.2 Å². The number of oxime groups is 1. The number of aromatic nitrogens is 2. The van der Waals surface area contributed by atoms with Crippen molar-refractivity contribution in [1.82, 2.24) is 9.78 Å². The van der Waals surface area contributed by atoms with Gasteiger partial charge in [0.2, 0.25) is 6.40 Å². The molecule has 4 rings (SSSR count). The number of ether oxygens (including phenoxy) is 1. The maximum absolute atomic E-state index is 6.11. The molecule has 0 atom stereocenters. The summed E-state index contributed by atoms with van der Waals surface area (Å²) in [5.74, 6) is 0.534. The Labute approximate surface area is 184 Å². The Morgan fingerprint density at radius 3 is 2.40 bits per heavy atom. The van der Waals surface area contributed by atoms with E-state index in [0.29, 0.717) is 21.5 Å². The molecule has 3 aromatic carbocycles. The third-order valence-electron chi connectivity index (χ3n) is 4.29. The van der Waals surface area contributed by atoms with Gasteiger partial charge in [-0.25, -0.2) is 4.68 Å². The van der Waals surface area contributed by atoms with E-state index in [1.54, 1.807) is 16.9 Å². The molecule has 1 heterocycles. The van der Waals surface area contributed by atoms with Crippen molar-refractivity contribution in [2.24, 2.45) is 5.16 Å². The SMILES string of the molecule is Clc1ccc(-c2nn(-c3ccccc3)cc2O/C=N/OCc2ccccc2Cl)cc1. The fraction of sp³-hybridized carbons (Fsp3) is 0.0435. The highest BCUT2D eigenvalue weighted by atomic mass is 35.5. The predicted molar refractivity (Wildman–Crippen MR) is 119 cm³/mol. The van der Waals surface area contributed by atoms with Crippen LogP contribution >= 0.6 is 23.2 Å². The van der Waals surface area contributed by atoms with Crippen LogP contribution in [0.5, 0.6) is 5.75 Å². The van der Waals surface area contributed by atoms with E-state index in [4.69, 9.17) is 32.8 Å². The van der Waals surface area contributed by atoms with Crippen molar-refractivity contribution in [3.8, 4) is 22.7 Å². The Hall–Kier alpha value is -3.28. The van der Waals surface area contributed by atoms with Crippen LogP contribution in [0.1, 0.15) is 5.56 Å². The Morgan fingerprint density at radius 1 is 0.900 bits per heavy atom. The molecule has 150 valence electrons. The third kappa shape index (κ3) is 4.82. The highest BCUT2D eigenvalue weighted by molar-refractivity contribution is 6.31. The summed E-state index contributed by atoms with van der Waals surface area (Å²) >= 11 is 12.1. The zero-order valence-corrected chi connectivity index (χ0v) is 17.3. The van der Waals surface area contributed by atoms with Crippen molar-refractivity contribution >= 4 is 29.6 Å². The number of halogens is 2. The quantitative estimate of drug-likeness (QED) is 0.191. The minimum absolute atomic E-state index is 0.243. The molecule has 0 saturated carbocycles. The van der Waals surface area contributed by atoms with Crippen LogP contribution in [0.25, 0.3) is 16.9 Å². The van der Waals surface area contributed by atoms with Gasteiger partial charge in [-0.3, -0.25) is 0 Å². The van der Waals surface area contributed by atoms with Crippen molar-refractivity contribution < 1.29 is 9.57 Å². The number of para-hydroxylation sites is 1. The van der Waals surface area contributed by atoms with E-state index in [9.17, 15) is 0 Å². The summed E-state index contributed by atoms with van der Waals surface area (Å²) in [4.78, 5) is 5.29. The van der Waals surface area contributed by atoms with E-state index in [0.717, 1.165) is 16.8 Å². The average Bonchev–Trinajstić information content (AvgIpc) is 3.20. The van der Waals surface area contributed by atoms with E-state index in [1.165, 1.54) is 6.40 Å². The zero-order chi connectivity index (χ0) is 20.8. The summed E-state index contributed by atoms with van der Waals surface area (Å²) in [6.07, 6.45) is 3.03. The standard InChI is InChI=1S/C23H17Cl2N3O2/c24-19-12-10-17(11-13-19)23-22(14-28(27-23)20-7-2-1-3-8-20)29-16-26-30-15-18-6-4-5-9-21(18)25/h1-14,16H,15H2/b26-16+. The molecule has 5 nitrogen and oxygen atoms in total. The molecule has 7 heteroatoms. The van der Waals surface area contributed by atoms with Gasteiger partial charge >= 0.3 is 0 Å². The molecule has 0 radical (unpaired) electrons. The summed E-state index contributed by atoms with van der Waals surface area (Å²) in [5.41, 5.74) is 3.28. The lowest BCUT2D eigenvalue weighted by molar-refractivity contribution is 0.128. The fourth-order valence-corrected chi connectivity index (χ4v) is 3.11. The van der Waals surface area contributed by atoms with E-state index in [2.05, 4.69) is 10.3 Å². The van der Waals surface area contributed by atoms with Crippen molar-refractivity contribution in [2.75, 3.05) is 0 Å². The second-order valence-electron chi connectivity index (χ2n) is 6.32. The van der Waals surface area contributed by atoms with Gasteiger partial charge in [-0.05, 0) is 30.3 Å². The minimum atomic E-state index is 0.243. The van der Waals surface area contributed by atoms with Crippen molar-refractivity contribution in [3.05, 3.63) is 101 Å². The first-order valence-electron chi connectivity index (χ1n) is 9.15. The Morgan fingerprint density at radius 2 is 1.63 bits per heavy atom. The van der Waals surface area contributed by atoms with E-state index < -0.39 is 0 Å². The van der Waals surface area contributed by atoms with Crippen LogP contribution in [0.3, 0.4) is 0 Å². The van der Waals surface area contributed by atoms with Crippen molar-refractivity contribution in [3.63, 3.8) is 0 Å². The predicted octanol–water partition coefficient (Wildman–Crippen LogP) is 6.39. The van der Waals surface area contributed by atoms with Crippen LogP contribution in [0.2, 0.25) is 10.0 Å². The number of hydrogen-bond acceptors (Lipinski definition) is 4. The molecule has 0 fully saturated rings. The number of hydrogen-bond donors (Lipinski definition) is 0. The smallest absolute Gasteiger partial charge is 0.218 e. The first-order chi connectivity index (χ1) is 14.7. The molecule has 0 unspecified atom stereocenters. The van der Waals surface area contributed by atoms with Crippen molar-refractivity contribution in [1.29, 1.82) is 0 Å². The highest BCUT2D eigenvalue weighted by Crippen LogP contribution is 2.30. The van der Waals surface area contributed by atoms with Crippen LogP contribution in [0.15, 0.2) is 90.2 Å². The monoisotopic (exact) mass is 437 g/mol. The summed E-state index contributed by atoms with van der Waals surface area (Å²) in [6.45, 7) is 0.243. The lowest BCUT2D eigenvalue weighted by Crippen LogP contribution is -1.93. The molecule has 0 aliphatic heterocycles. The van der Waals surface area contributed by atoms with Gasteiger partial charge in [-0.2, -0.15) is 5.10 Å². The topological polar surface area (TPSA) is 48.6 Å². The summed E-state index contributed by atoms with van der Waals surface area (Å²) in [5, 5.41) is 9.82. The minimum Gasteiger partial charge on any atom is -0.438 e. The Bertz CT molecular complexity index is 1140. The Kier molecular flexibility index (Phi) is 6.32. The molecule has 4 aromatic rings. The van der Waals surface area contributed by atoms with Crippen LogP contribution in [0, 0.1) is 0 Å². The average molecular weight is 438 g/mol. The van der Waals surface area contributed by atoms with E-state index >= 15 is 0 Å². The van der Waals surface area contributed by atoms with Gasteiger partial charge in [-0.15, -0.1) is 0 Å². The molecule has 0 amide bonds. The summed E-state index contributed by atoms with van der Waals surface area (Å²) < 4.78 is 7.47. The molecule has 0 spiro atoms. The summed E-state index contributed by atoms with van der Waals surface area (Å²) in [6, 6.07) is 24.6. The summed E-state index contributed by atoms with van der Waals surface area (Å²) in [7, 11) is 0. The Balaban J connectivity index is 1.53. The maximum atomic E-state index is 6.11. The fourth-order valence-electron chi connectivity index (χ4n) is 2.80. The maximum Gasteiger partial charge on any atom is 0.218 e. The lowest BCUT2D eigenvalue weighted by atomic mass is 10.1. The van der Waals surface area contributed by atoms with Gasteiger partial charge in [0.1, 0.15) is 12.3 Å². The second-order valence-corrected chi connectivity index (χ2v) is 7.17. The van der Waals surface area contributed by atoms with E-state index in [-0.39, 0.29) is 6.61 Å². The van der Waals surface area contributed by atoms with Gasteiger partial charge in [0.15, 0.2) is 5.75 Å². The van der Waals surface area contributed by atoms with Gasteiger partial charge in [0.05, 0.1) is 11.9 Å². The highest BCUT2D eigenvalue weighted by Gasteiger charge is 2.13. The second kappa shape index (κ2) is 9.48. The molecule has 30 heavy (non-hydrogen) atoms. The largest absolute Gasteiger partial charge is 0.438 e. The lowest BCUT2D eigenvalue weighted by Gasteiger charge is -2.03. The van der Waals surface area contributed by atoms with Crippen LogP contribution in [0.4, 0.5) is 0 Å². The molecule has 0 N–H and O–H groups in total. The molecule has 1 aromatic heterocycles. The van der Waals surface area contributed by atoms with Crippen LogP contribution < -0.4 is 4.74 Å². The first kappa shape index (κ1) is 20.0. The molecular weight excluding hydrogens is 421 g/mol.